The Balaban J connectivity index is 2.52. The standard InChI is InChI=1S/C11H12N2O3/c1-8(11(15)16)13-10(14)5-4-9-3-2-6-12-7-9/h2-8H,1H3,(H,13,14)(H,15,16)/b5-4+/t8-/m0/s1. The number of nitrogens with one attached hydrogen (secondary N) is 1. The summed E-state index contributed by atoms with van der Waals surface area (Å²) in [6, 6.07) is 2.64. The number of carboxylic acids is 1. The molecule has 1 amide bonds. The van der Waals surface area contributed by atoms with Crippen molar-refractivity contribution in [2.75, 3.05) is 0 Å². The van der Waals surface area contributed by atoms with Crippen LogP contribution in [0.15, 0.2) is 30.6 Å². The minimum atomic E-state index is -1.07. The Morgan fingerprint density at radius 2 is 2.31 bits per heavy atom. The monoisotopic (exact) mass is 220 g/mol. The van der Waals surface area contributed by atoms with E-state index in [1.54, 1.807) is 30.6 Å². The van der Waals surface area contributed by atoms with Crippen LogP contribution in [0, 0.1) is 0 Å². The molecule has 1 aromatic rings. The number of aliphatic carboxylic acids is 1. The van der Waals surface area contributed by atoms with Crippen LogP contribution < -0.4 is 5.32 Å². The first kappa shape index (κ1) is 11.9. The van der Waals surface area contributed by atoms with Crippen molar-refractivity contribution in [2.45, 2.75) is 13.0 Å². The molecule has 0 spiro atoms. The molecular formula is C11H12N2O3. The third-order valence-corrected chi connectivity index (χ3v) is 1.84. The Kier molecular flexibility index (Phi) is 4.20. The highest BCUT2D eigenvalue weighted by Crippen LogP contribution is 1.98. The molecule has 0 saturated carbocycles. The molecule has 0 unspecified atom stereocenters. The fourth-order valence-corrected chi connectivity index (χ4v) is 0.970. The number of carboxylic acid groups (broad SMARTS) is 1. The first-order valence-corrected chi connectivity index (χ1v) is 4.71. The number of pyridine rings is 1. The van der Waals surface area contributed by atoms with Gasteiger partial charge in [0.05, 0.1) is 0 Å². The van der Waals surface area contributed by atoms with Gasteiger partial charge in [0.25, 0.3) is 0 Å². The van der Waals surface area contributed by atoms with Crippen LogP contribution in [0.5, 0.6) is 0 Å². The predicted molar refractivity (Wildman–Crippen MR) is 58.5 cm³/mol. The molecule has 0 aliphatic carbocycles. The van der Waals surface area contributed by atoms with E-state index in [1.165, 1.54) is 13.0 Å². The number of nitrogens with zero attached hydrogens (tertiary/aromatic N) is 1. The smallest absolute Gasteiger partial charge is 0.325 e. The Morgan fingerprint density at radius 3 is 2.88 bits per heavy atom. The molecule has 2 N–H and O–H groups in total. The number of carbonyl (C=O) groups is 2. The average molecular weight is 220 g/mol. The van der Waals surface area contributed by atoms with Crippen LogP contribution in [0.2, 0.25) is 0 Å². The Bertz CT molecular complexity index is 401. The first-order chi connectivity index (χ1) is 7.59. The van der Waals surface area contributed by atoms with E-state index in [9.17, 15) is 9.59 Å². The van der Waals surface area contributed by atoms with Crippen LogP contribution in [-0.4, -0.2) is 28.0 Å². The summed E-state index contributed by atoms with van der Waals surface area (Å²) >= 11 is 0. The van der Waals surface area contributed by atoms with Crippen LogP contribution in [0.25, 0.3) is 6.08 Å². The molecule has 1 atom stereocenters. The summed E-state index contributed by atoms with van der Waals surface area (Å²) in [6.07, 6.45) is 6.07. The molecule has 1 rings (SSSR count). The topological polar surface area (TPSA) is 79.3 Å². The van der Waals surface area contributed by atoms with Crippen molar-refractivity contribution in [3.05, 3.63) is 36.2 Å². The van der Waals surface area contributed by atoms with Gasteiger partial charge in [-0.05, 0) is 24.6 Å². The van der Waals surface area contributed by atoms with E-state index in [-0.39, 0.29) is 0 Å². The van der Waals surface area contributed by atoms with Crippen molar-refractivity contribution < 1.29 is 14.7 Å². The second-order valence-corrected chi connectivity index (χ2v) is 3.19. The van der Waals surface area contributed by atoms with Crippen LogP contribution in [0.4, 0.5) is 0 Å². The Labute approximate surface area is 92.8 Å². The maximum absolute atomic E-state index is 11.2. The summed E-state index contributed by atoms with van der Waals surface area (Å²) in [5, 5.41) is 10.9. The van der Waals surface area contributed by atoms with E-state index in [1.807, 2.05) is 0 Å². The lowest BCUT2D eigenvalue weighted by molar-refractivity contribution is -0.140. The molecule has 5 nitrogen and oxygen atoms in total. The number of hydrogen-bond acceptors (Lipinski definition) is 3. The van der Waals surface area contributed by atoms with E-state index >= 15 is 0 Å². The second-order valence-electron chi connectivity index (χ2n) is 3.19. The summed E-state index contributed by atoms with van der Waals surface area (Å²) in [6.45, 7) is 1.40. The van der Waals surface area contributed by atoms with Crippen molar-refractivity contribution >= 4 is 18.0 Å². The molecule has 1 aromatic heterocycles. The lowest BCUT2D eigenvalue weighted by Gasteiger charge is -2.05. The zero-order chi connectivity index (χ0) is 12.0. The third-order valence-electron chi connectivity index (χ3n) is 1.84. The van der Waals surface area contributed by atoms with Crippen molar-refractivity contribution in [3.63, 3.8) is 0 Å². The molecular weight excluding hydrogens is 208 g/mol. The maximum Gasteiger partial charge on any atom is 0.325 e. The Morgan fingerprint density at radius 1 is 1.56 bits per heavy atom. The number of amides is 1. The molecule has 0 aliphatic rings. The normalized spacial score (nSPS) is 12.3. The number of rotatable bonds is 4. The molecule has 0 radical (unpaired) electrons. The summed E-state index contributed by atoms with van der Waals surface area (Å²) in [7, 11) is 0. The highest BCUT2D eigenvalue weighted by molar-refractivity contribution is 5.94. The lowest BCUT2D eigenvalue weighted by atomic mass is 10.2. The molecule has 5 heteroatoms. The fourth-order valence-electron chi connectivity index (χ4n) is 0.970. The molecule has 0 aliphatic heterocycles. The van der Waals surface area contributed by atoms with Gasteiger partial charge in [-0.3, -0.25) is 14.6 Å². The lowest BCUT2D eigenvalue weighted by Crippen LogP contribution is -2.37. The largest absolute Gasteiger partial charge is 0.480 e. The van der Waals surface area contributed by atoms with Crippen LogP contribution in [0.1, 0.15) is 12.5 Å². The molecule has 0 saturated heterocycles. The van der Waals surface area contributed by atoms with Gasteiger partial charge in [-0.15, -0.1) is 0 Å². The van der Waals surface area contributed by atoms with E-state index in [0.717, 1.165) is 5.56 Å². The van der Waals surface area contributed by atoms with Crippen molar-refractivity contribution in [2.24, 2.45) is 0 Å². The van der Waals surface area contributed by atoms with Gasteiger partial charge in [-0.1, -0.05) is 6.07 Å². The summed E-state index contributed by atoms with van der Waals surface area (Å²) in [5.41, 5.74) is 0.778. The van der Waals surface area contributed by atoms with Crippen molar-refractivity contribution in [3.8, 4) is 0 Å². The maximum atomic E-state index is 11.2. The minimum absolute atomic E-state index is 0.446. The predicted octanol–water partition coefficient (Wildman–Crippen LogP) is 0.684. The van der Waals surface area contributed by atoms with E-state index < -0.39 is 17.9 Å². The number of carbonyl (C=O) groups excluding carboxylic acids is 1. The van der Waals surface area contributed by atoms with Gasteiger partial charge in [0, 0.05) is 18.5 Å². The van der Waals surface area contributed by atoms with Gasteiger partial charge in [0.1, 0.15) is 6.04 Å². The van der Waals surface area contributed by atoms with Gasteiger partial charge in [-0.25, -0.2) is 0 Å². The minimum Gasteiger partial charge on any atom is -0.480 e. The second kappa shape index (κ2) is 5.65. The molecule has 0 bridgehead atoms. The SMILES string of the molecule is C[C@H](NC(=O)/C=C/c1cccnc1)C(=O)O. The van der Waals surface area contributed by atoms with E-state index in [2.05, 4.69) is 10.3 Å². The van der Waals surface area contributed by atoms with Crippen LogP contribution >= 0.6 is 0 Å². The Hall–Kier alpha value is -2.17. The van der Waals surface area contributed by atoms with Gasteiger partial charge in [0.15, 0.2) is 0 Å². The first-order valence-electron chi connectivity index (χ1n) is 4.71. The molecule has 0 fully saturated rings. The fraction of sp³-hybridized carbons (Fsp3) is 0.182. The molecule has 1 heterocycles. The quantitative estimate of drug-likeness (QED) is 0.731. The number of hydrogen-bond donors (Lipinski definition) is 2. The van der Waals surface area contributed by atoms with Crippen LogP contribution in [0.3, 0.4) is 0 Å². The average Bonchev–Trinajstić information content (AvgIpc) is 2.27. The van der Waals surface area contributed by atoms with Gasteiger partial charge >= 0.3 is 5.97 Å². The summed E-state index contributed by atoms with van der Waals surface area (Å²) in [5.74, 6) is -1.51. The van der Waals surface area contributed by atoms with E-state index in [4.69, 9.17) is 5.11 Å². The zero-order valence-corrected chi connectivity index (χ0v) is 8.75. The van der Waals surface area contributed by atoms with Crippen LogP contribution in [-0.2, 0) is 9.59 Å². The molecule has 0 aromatic carbocycles. The highest BCUT2D eigenvalue weighted by Gasteiger charge is 2.11. The number of aromatic nitrogens is 1. The van der Waals surface area contributed by atoms with Crippen molar-refractivity contribution in [1.82, 2.24) is 10.3 Å². The van der Waals surface area contributed by atoms with Crippen molar-refractivity contribution in [1.29, 1.82) is 0 Å². The van der Waals surface area contributed by atoms with Gasteiger partial charge in [0.2, 0.25) is 5.91 Å². The summed E-state index contributed by atoms with van der Waals surface area (Å²) in [4.78, 5) is 25.6. The van der Waals surface area contributed by atoms with Gasteiger partial charge < -0.3 is 10.4 Å². The summed E-state index contributed by atoms with van der Waals surface area (Å²) < 4.78 is 0. The van der Waals surface area contributed by atoms with Gasteiger partial charge in [-0.2, -0.15) is 0 Å². The van der Waals surface area contributed by atoms with E-state index in [0.29, 0.717) is 0 Å². The zero-order valence-electron chi connectivity index (χ0n) is 8.75. The molecule has 84 valence electrons. The third kappa shape index (κ3) is 3.91. The highest BCUT2D eigenvalue weighted by atomic mass is 16.4. The molecule has 16 heavy (non-hydrogen) atoms.